The molecule has 0 radical (unpaired) electrons. The van der Waals surface area contributed by atoms with Gasteiger partial charge in [0.15, 0.2) is 16.6 Å². The summed E-state index contributed by atoms with van der Waals surface area (Å²) in [6.45, 7) is 5.88. The molecule has 1 heterocycles. The summed E-state index contributed by atoms with van der Waals surface area (Å²) in [5.41, 5.74) is 3.51. The molecular weight excluding hydrogens is 332 g/mol. The van der Waals surface area contributed by atoms with Crippen molar-refractivity contribution < 1.29 is 9.47 Å². The van der Waals surface area contributed by atoms with Gasteiger partial charge in [0.1, 0.15) is 6.61 Å². The van der Waals surface area contributed by atoms with Crippen molar-refractivity contribution in [3.63, 3.8) is 0 Å². The van der Waals surface area contributed by atoms with E-state index in [1.807, 2.05) is 30.5 Å². The monoisotopic (exact) mass is 354 g/mol. The maximum atomic E-state index is 5.97. The molecule has 0 aliphatic carbocycles. The van der Waals surface area contributed by atoms with Gasteiger partial charge in [-0.25, -0.2) is 4.98 Å². The van der Waals surface area contributed by atoms with Gasteiger partial charge in [-0.15, -0.1) is 11.3 Å². The number of ether oxygens (including phenoxy) is 2. The Morgan fingerprint density at radius 3 is 2.52 bits per heavy atom. The first-order valence-electron chi connectivity index (χ1n) is 8.32. The van der Waals surface area contributed by atoms with Gasteiger partial charge in [0, 0.05) is 18.1 Å². The minimum atomic E-state index is 0.525. The number of benzene rings is 2. The van der Waals surface area contributed by atoms with E-state index < -0.39 is 0 Å². The number of anilines is 1. The molecule has 0 saturated carbocycles. The van der Waals surface area contributed by atoms with Crippen LogP contribution in [0.3, 0.4) is 0 Å². The molecule has 0 bridgehead atoms. The van der Waals surface area contributed by atoms with Gasteiger partial charge in [-0.1, -0.05) is 35.9 Å². The summed E-state index contributed by atoms with van der Waals surface area (Å²) in [5.74, 6) is 1.54. The highest BCUT2D eigenvalue weighted by molar-refractivity contribution is 7.13. The van der Waals surface area contributed by atoms with Crippen LogP contribution in [0.4, 0.5) is 5.13 Å². The highest BCUT2D eigenvalue weighted by Gasteiger charge is 2.07. The van der Waals surface area contributed by atoms with E-state index in [4.69, 9.17) is 9.47 Å². The van der Waals surface area contributed by atoms with Crippen LogP contribution in [-0.2, 0) is 13.2 Å². The van der Waals surface area contributed by atoms with Gasteiger partial charge in [-0.3, -0.25) is 0 Å². The number of hydrogen-bond donors (Lipinski definition) is 1. The lowest BCUT2D eigenvalue weighted by Gasteiger charge is -2.14. The molecule has 0 aliphatic rings. The van der Waals surface area contributed by atoms with Gasteiger partial charge < -0.3 is 14.8 Å². The van der Waals surface area contributed by atoms with E-state index in [1.165, 1.54) is 5.56 Å². The average Bonchev–Trinajstić information content (AvgIpc) is 3.14. The van der Waals surface area contributed by atoms with E-state index in [9.17, 15) is 0 Å². The first-order chi connectivity index (χ1) is 12.2. The van der Waals surface area contributed by atoms with Crippen LogP contribution in [-0.4, -0.2) is 11.6 Å². The molecule has 0 unspecified atom stereocenters. The Morgan fingerprint density at radius 1 is 1.00 bits per heavy atom. The molecule has 0 saturated heterocycles. The Morgan fingerprint density at radius 2 is 1.80 bits per heavy atom. The van der Waals surface area contributed by atoms with Crippen LogP contribution < -0.4 is 14.8 Å². The van der Waals surface area contributed by atoms with E-state index in [-0.39, 0.29) is 0 Å². The van der Waals surface area contributed by atoms with E-state index in [2.05, 4.69) is 41.5 Å². The Labute approximate surface area is 152 Å². The second kappa shape index (κ2) is 8.53. The predicted octanol–water partition coefficient (Wildman–Crippen LogP) is 5.04. The minimum absolute atomic E-state index is 0.525. The van der Waals surface area contributed by atoms with Crippen LogP contribution in [0, 0.1) is 6.92 Å². The SMILES string of the molecule is CCOc1cc(CNc2nccs2)ccc1OCc1ccc(C)cc1. The standard InChI is InChI=1S/C20H22N2O2S/c1-3-23-19-12-17(13-22-20-21-10-11-25-20)8-9-18(19)24-14-16-6-4-15(2)5-7-16/h4-12H,3,13-14H2,1-2H3,(H,21,22). The number of aryl methyl sites for hydroxylation is 1. The van der Waals surface area contributed by atoms with Gasteiger partial charge in [-0.05, 0) is 37.1 Å². The normalized spacial score (nSPS) is 10.5. The molecule has 0 fully saturated rings. The summed E-state index contributed by atoms with van der Waals surface area (Å²) in [4.78, 5) is 4.23. The van der Waals surface area contributed by atoms with E-state index in [1.54, 1.807) is 17.5 Å². The molecule has 0 aliphatic heterocycles. The van der Waals surface area contributed by atoms with Crippen molar-refractivity contribution in [2.75, 3.05) is 11.9 Å². The lowest BCUT2D eigenvalue weighted by atomic mass is 10.1. The highest BCUT2D eigenvalue weighted by atomic mass is 32.1. The number of nitrogens with zero attached hydrogens (tertiary/aromatic N) is 1. The molecular formula is C20H22N2O2S. The number of hydrogen-bond acceptors (Lipinski definition) is 5. The van der Waals surface area contributed by atoms with Crippen LogP contribution >= 0.6 is 11.3 Å². The minimum Gasteiger partial charge on any atom is -0.490 e. The largest absolute Gasteiger partial charge is 0.490 e. The molecule has 0 spiro atoms. The van der Waals surface area contributed by atoms with Crippen molar-refractivity contribution in [3.8, 4) is 11.5 Å². The molecule has 3 aromatic rings. The van der Waals surface area contributed by atoms with Crippen LogP contribution in [0.5, 0.6) is 11.5 Å². The smallest absolute Gasteiger partial charge is 0.182 e. The zero-order valence-corrected chi connectivity index (χ0v) is 15.3. The number of rotatable bonds is 8. The van der Waals surface area contributed by atoms with Crippen molar-refractivity contribution in [3.05, 3.63) is 70.7 Å². The average molecular weight is 354 g/mol. The van der Waals surface area contributed by atoms with E-state index in [0.717, 1.165) is 27.8 Å². The lowest BCUT2D eigenvalue weighted by Crippen LogP contribution is -2.03. The van der Waals surface area contributed by atoms with E-state index in [0.29, 0.717) is 19.8 Å². The van der Waals surface area contributed by atoms with Crippen molar-refractivity contribution >= 4 is 16.5 Å². The molecule has 0 amide bonds. The third-order valence-corrected chi connectivity index (χ3v) is 4.43. The molecule has 1 N–H and O–H groups in total. The first-order valence-corrected chi connectivity index (χ1v) is 9.20. The maximum Gasteiger partial charge on any atom is 0.182 e. The van der Waals surface area contributed by atoms with Crippen LogP contribution in [0.2, 0.25) is 0 Å². The van der Waals surface area contributed by atoms with Gasteiger partial charge in [0.05, 0.1) is 6.61 Å². The number of aromatic nitrogens is 1. The second-order valence-corrected chi connectivity index (χ2v) is 6.57. The number of thiazole rings is 1. The fourth-order valence-electron chi connectivity index (χ4n) is 2.38. The molecule has 0 atom stereocenters. The topological polar surface area (TPSA) is 43.4 Å². The van der Waals surface area contributed by atoms with Crippen molar-refractivity contribution in [2.24, 2.45) is 0 Å². The Kier molecular flexibility index (Phi) is 5.90. The van der Waals surface area contributed by atoms with Crippen molar-refractivity contribution in [1.29, 1.82) is 0 Å². The van der Waals surface area contributed by atoms with Crippen molar-refractivity contribution in [1.82, 2.24) is 4.98 Å². The molecule has 3 rings (SSSR count). The molecule has 5 heteroatoms. The fourth-order valence-corrected chi connectivity index (χ4v) is 2.91. The summed E-state index contributed by atoms with van der Waals surface area (Å²) >= 11 is 1.59. The van der Waals surface area contributed by atoms with Crippen LogP contribution in [0.1, 0.15) is 23.6 Å². The van der Waals surface area contributed by atoms with Gasteiger partial charge in [0.2, 0.25) is 0 Å². The van der Waals surface area contributed by atoms with Gasteiger partial charge in [0.25, 0.3) is 0 Å². The molecule has 1 aromatic heterocycles. The first kappa shape index (κ1) is 17.3. The molecule has 25 heavy (non-hydrogen) atoms. The second-order valence-electron chi connectivity index (χ2n) is 5.68. The molecule has 4 nitrogen and oxygen atoms in total. The third kappa shape index (κ3) is 4.97. The van der Waals surface area contributed by atoms with Crippen LogP contribution in [0.15, 0.2) is 54.0 Å². The Bertz CT molecular complexity index is 786. The Hall–Kier alpha value is -2.53. The van der Waals surface area contributed by atoms with E-state index >= 15 is 0 Å². The summed E-state index contributed by atoms with van der Waals surface area (Å²) in [6.07, 6.45) is 1.79. The quantitative estimate of drug-likeness (QED) is 0.615. The summed E-state index contributed by atoms with van der Waals surface area (Å²) < 4.78 is 11.7. The zero-order chi connectivity index (χ0) is 17.5. The highest BCUT2D eigenvalue weighted by Crippen LogP contribution is 2.29. The molecule has 130 valence electrons. The summed E-state index contributed by atoms with van der Waals surface area (Å²) in [7, 11) is 0. The lowest BCUT2D eigenvalue weighted by molar-refractivity contribution is 0.269. The van der Waals surface area contributed by atoms with Gasteiger partial charge >= 0.3 is 0 Å². The Balaban J connectivity index is 1.66. The maximum absolute atomic E-state index is 5.97. The van der Waals surface area contributed by atoms with Crippen molar-refractivity contribution in [2.45, 2.75) is 27.0 Å². The summed E-state index contributed by atoms with van der Waals surface area (Å²) in [6, 6.07) is 14.4. The summed E-state index contributed by atoms with van der Waals surface area (Å²) in [5, 5.41) is 6.17. The number of nitrogens with one attached hydrogen (secondary N) is 1. The molecule has 2 aromatic carbocycles. The van der Waals surface area contributed by atoms with Crippen LogP contribution in [0.25, 0.3) is 0 Å². The third-order valence-electron chi connectivity index (χ3n) is 3.70. The zero-order valence-electron chi connectivity index (χ0n) is 14.5. The predicted molar refractivity (Wildman–Crippen MR) is 103 cm³/mol. The van der Waals surface area contributed by atoms with Gasteiger partial charge in [-0.2, -0.15) is 0 Å². The fraction of sp³-hybridized carbons (Fsp3) is 0.250.